The van der Waals surface area contributed by atoms with E-state index in [1.54, 1.807) is 10.7 Å². The Hall–Kier alpha value is -1.14. The molecule has 0 bridgehead atoms. The zero-order chi connectivity index (χ0) is 13.1. The number of hydrogen-bond donors (Lipinski definition) is 0. The second kappa shape index (κ2) is 5.67. The molecule has 0 fully saturated rings. The molecule has 0 unspecified atom stereocenters. The van der Waals surface area contributed by atoms with Gasteiger partial charge in [-0.25, -0.2) is 9.07 Å². The van der Waals surface area contributed by atoms with Gasteiger partial charge in [-0.1, -0.05) is 29.4 Å². The molecule has 18 heavy (non-hydrogen) atoms. The molecule has 7 heteroatoms. The molecule has 2 aromatic rings. The average Bonchev–Trinajstić information content (AvgIpc) is 2.76. The Balaban J connectivity index is 2.09. The van der Waals surface area contributed by atoms with Gasteiger partial charge in [-0.05, 0) is 42.0 Å². The number of benzene rings is 1. The summed E-state index contributed by atoms with van der Waals surface area (Å²) in [5, 5.41) is 12.6. The van der Waals surface area contributed by atoms with Crippen LogP contribution in [0.25, 0.3) is 0 Å². The maximum absolute atomic E-state index is 12.9. The molecule has 0 radical (unpaired) electrons. The molecule has 1 heterocycles. The van der Waals surface area contributed by atoms with Gasteiger partial charge in [0.2, 0.25) is 5.16 Å². The van der Waals surface area contributed by atoms with Crippen LogP contribution in [0.1, 0.15) is 25.5 Å². The standard InChI is InChI=1S/C11H12ClFN4S/c1-7(2)17-11(14-15-16-17)18-6-8-3-4-9(13)5-10(8)12/h3-5,7H,6H2,1-2H3. The van der Waals surface area contributed by atoms with Crippen molar-refractivity contribution in [3.8, 4) is 0 Å². The molecule has 0 saturated carbocycles. The first-order chi connectivity index (χ1) is 8.58. The predicted octanol–water partition coefficient (Wildman–Crippen LogP) is 3.34. The number of tetrazole rings is 1. The highest BCUT2D eigenvalue weighted by Gasteiger charge is 2.11. The summed E-state index contributed by atoms with van der Waals surface area (Å²) < 4.78 is 14.6. The second-order valence-corrected chi connectivity index (χ2v) is 5.37. The number of rotatable bonds is 4. The topological polar surface area (TPSA) is 43.6 Å². The van der Waals surface area contributed by atoms with Gasteiger partial charge < -0.3 is 0 Å². The molecule has 0 aliphatic heterocycles. The van der Waals surface area contributed by atoms with Crippen molar-refractivity contribution in [2.24, 2.45) is 0 Å². The molecule has 4 nitrogen and oxygen atoms in total. The van der Waals surface area contributed by atoms with Gasteiger partial charge in [0.1, 0.15) is 5.82 Å². The minimum atomic E-state index is -0.333. The lowest BCUT2D eigenvalue weighted by Crippen LogP contribution is -2.04. The van der Waals surface area contributed by atoms with Gasteiger partial charge in [-0.3, -0.25) is 0 Å². The van der Waals surface area contributed by atoms with Gasteiger partial charge in [0.05, 0.1) is 6.04 Å². The summed E-state index contributed by atoms with van der Waals surface area (Å²) in [6, 6.07) is 4.58. The Morgan fingerprint density at radius 2 is 2.22 bits per heavy atom. The fraction of sp³-hybridized carbons (Fsp3) is 0.364. The Kier molecular flexibility index (Phi) is 4.19. The van der Waals surface area contributed by atoms with Crippen LogP contribution in [0.3, 0.4) is 0 Å². The van der Waals surface area contributed by atoms with Gasteiger partial charge in [0, 0.05) is 10.8 Å². The molecule has 0 N–H and O–H groups in total. The molecule has 1 aromatic carbocycles. The highest BCUT2D eigenvalue weighted by Crippen LogP contribution is 2.26. The quantitative estimate of drug-likeness (QED) is 0.809. The van der Waals surface area contributed by atoms with Gasteiger partial charge in [-0.15, -0.1) is 5.10 Å². The fourth-order valence-corrected chi connectivity index (χ4v) is 2.71. The van der Waals surface area contributed by atoms with E-state index in [0.717, 1.165) is 10.7 Å². The molecule has 1 aromatic heterocycles. The summed E-state index contributed by atoms with van der Waals surface area (Å²) in [5.74, 6) is 0.271. The van der Waals surface area contributed by atoms with Crippen LogP contribution in [0.5, 0.6) is 0 Å². The van der Waals surface area contributed by atoms with Crippen LogP contribution < -0.4 is 0 Å². The Labute approximate surface area is 114 Å². The summed E-state index contributed by atoms with van der Waals surface area (Å²) in [6.45, 7) is 4.01. The zero-order valence-corrected chi connectivity index (χ0v) is 11.5. The minimum Gasteiger partial charge on any atom is -0.218 e. The van der Waals surface area contributed by atoms with Gasteiger partial charge >= 0.3 is 0 Å². The van der Waals surface area contributed by atoms with Crippen molar-refractivity contribution in [1.29, 1.82) is 0 Å². The lowest BCUT2D eigenvalue weighted by atomic mass is 10.2. The molecule has 0 atom stereocenters. The average molecular weight is 287 g/mol. The van der Waals surface area contributed by atoms with Crippen molar-refractivity contribution >= 4 is 23.4 Å². The van der Waals surface area contributed by atoms with Gasteiger partial charge in [0.25, 0.3) is 0 Å². The molecule has 0 amide bonds. The van der Waals surface area contributed by atoms with Crippen molar-refractivity contribution in [2.45, 2.75) is 30.8 Å². The van der Waals surface area contributed by atoms with Crippen LogP contribution in [-0.4, -0.2) is 20.2 Å². The van der Waals surface area contributed by atoms with Gasteiger partial charge in [0.15, 0.2) is 0 Å². The van der Waals surface area contributed by atoms with Crippen LogP contribution in [-0.2, 0) is 5.75 Å². The molecular formula is C11H12ClFN4S. The first-order valence-electron chi connectivity index (χ1n) is 5.42. The van der Waals surface area contributed by atoms with Crippen molar-refractivity contribution in [3.63, 3.8) is 0 Å². The number of thioether (sulfide) groups is 1. The first kappa shape index (κ1) is 13.3. The number of hydrogen-bond acceptors (Lipinski definition) is 4. The number of aromatic nitrogens is 4. The largest absolute Gasteiger partial charge is 0.218 e. The lowest BCUT2D eigenvalue weighted by molar-refractivity contribution is 0.477. The molecule has 0 spiro atoms. The zero-order valence-electron chi connectivity index (χ0n) is 9.97. The molecular weight excluding hydrogens is 275 g/mol. The van der Waals surface area contributed by atoms with E-state index >= 15 is 0 Å². The van der Waals surface area contributed by atoms with E-state index in [-0.39, 0.29) is 11.9 Å². The van der Waals surface area contributed by atoms with Crippen molar-refractivity contribution in [3.05, 3.63) is 34.6 Å². The fourth-order valence-electron chi connectivity index (χ4n) is 1.39. The van der Waals surface area contributed by atoms with E-state index in [1.807, 2.05) is 13.8 Å². The van der Waals surface area contributed by atoms with Crippen LogP contribution in [0, 0.1) is 5.82 Å². The summed E-state index contributed by atoms with van der Waals surface area (Å²) in [6.07, 6.45) is 0. The SMILES string of the molecule is CC(C)n1nnnc1SCc1ccc(F)cc1Cl. The van der Waals surface area contributed by atoms with Crippen LogP contribution in [0.15, 0.2) is 23.4 Å². The Morgan fingerprint density at radius 1 is 1.44 bits per heavy atom. The number of halogens is 2. The predicted molar refractivity (Wildman–Crippen MR) is 69.2 cm³/mol. The summed E-state index contributed by atoms with van der Waals surface area (Å²) in [5.41, 5.74) is 0.862. The minimum absolute atomic E-state index is 0.200. The third-order valence-corrected chi connectivity index (χ3v) is 3.66. The third kappa shape index (κ3) is 3.00. The third-order valence-electron chi connectivity index (χ3n) is 2.32. The van der Waals surface area contributed by atoms with Crippen LogP contribution >= 0.6 is 23.4 Å². The summed E-state index contributed by atoms with van der Waals surface area (Å²) >= 11 is 7.44. The summed E-state index contributed by atoms with van der Waals surface area (Å²) in [4.78, 5) is 0. The Bertz CT molecular complexity index is 544. The molecule has 0 aliphatic carbocycles. The maximum atomic E-state index is 12.9. The highest BCUT2D eigenvalue weighted by atomic mass is 35.5. The molecule has 96 valence electrons. The second-order valence-electron chi connectivity index (χ2n) is 4.02. The smallest absolute Gasteiger partial charge is 0.209 e. The highest BCUT2D eigenvalue weighted by molar-refractivity contribution is 7.98. The van der Waals surface area contributed by atoms with Gasteiger partial charge in [-0.2, -0.15) is 0 Å². The van der Waals surface area contributed by atoms with E-state index in [2.05, 4.69) is 15.5 Å². The van der Waals surface area contributed by atoms with Crippen LogP contribution in [0.4, 0.5) is 4.39 Å². The first-order valence-corrected chi connectivity index (χ1v) is 6.79. The normalized spacial score (nSPS) is 11.2. The van der Waals surface area contributed by atoms with Crippen molar-refractivity contribution in [2.75, 3.05) is 0 Å². The van der Waals surface area contributed by atoms with Crippen LogP contribution in [0.2, 0.25) is 5.02 Å². The lowest BCUT2D eigenvalue weighted by Gasteiger charge is -2.07. The summed E-state index contributed by atoms with van der Waals surface area (Å²) in [7, 11) is 0. The molecule has 0 saturated heterocycles. The van der Waals surface area contributed by atoms with E-state index in [0.29, 0.717) is 10.8 Å². The molecule has 2 rings (SSSR count). The van der Waals surface area contributed by atoms with Crippen molar-refractivity contribution in [1.82, 2.24) is 20.2 Å². The van der Waals surface area contributed by atoms with Crippen molar-refractivity contribution < 1.29 is 4.39 Å². The van der Waals surface area contributed by atoms with E-state index in [9.17, 15) is 4.39 Å². The monoisotopic (exact) mass is 286 g/mol. The Morgan fingerprint density at radius 3 is 2.89 bits per heavy atom. The van der Waals surface area contributed by atoms with E-state index < -0.39 is 0 Å². The van der Waals surface area contributed by atoms with E-state index in [1.165, 1.54) is 23.9 Å². The van der Waals surface area contributed by atoms with E-state index in [4.69, 9.17) is 11.6 Å². The molecule has 0 aliphatic rings. The maximum Gasteiger partial charge on any atom is 0.209 e. The number of nitrogens with zero attached hydrogens (tertiary/aromatic N) is 4.